The van der Waals surface area contributed by atoms with Gasteiger partial charge in [0.25, 0.3) is 0 Å². The molecule has 0 heterocycles. The van der Waals surface area contributed by atoms with E-state index in [1.165, 1.54) is 38.5 Å². The summed E-state index contributed by atoms with van der Waals surface area (Å²) in [6, 6.07) is 0. The standard InChI is InChI=1S/C18H30O2/c1-15(2,3)20-14(19)9-18-8-13-6-16(4,11-18)10-17(5,7-13)12-18/h13H,6-12H2,1-5H3. The lowest BCUT2D eigenvalue weighted by molar-refractivity contribution is -0.175. The molecule has 4 aliphatic carbocycles. The Kier molecular flexibility index (Phi) is 2.89. The third-order valence-electron chi connectivity index (χ3n) is 5.68. The SMILES string of the molecule is CC12CC3CC(C)(C1)CC(CC(=O)OC(C)(C)C)(C3)C2. The average molecular weight is 278 g/mol. The third kappa shape index (κ3) is 2.63. The number of carbonyl (C=O) groups excluding carboxylic acids is 1. The largest absolute Gasteiger partial charge is 0.460 e. The molecule has 4 saturated carbocycles. The summed E-state index contributed by atoms with van der Waals surface area (Å²) in [5.74, 6) is 0.871. The van der Waals surface area contributed by atoms with Crippen LogP contribution >= 0.6 is 0 Å². The molecule has 2 nitrogen and oxygen atoms in total. The number of esters is 1. The monoisotopic (exact) mass is 278 g/mol. The summed E-state index contributed by atoms with van der Waals surface area (Å²) in [5, 5.41) is 0. The molecule has 0 radical (unpaired) electrons. The highest BCUT2D eigenvalue weighted by Gasteiger charge is 2.60. The van der Waals surface area contributed by atoms with E-state index in [9.17, 15) is 4.79 Å². The molecule has 2 heteroatoms. The first-order chi connectivity index (χ1) is 9.01. The minimum Gasteiger partial charge on any atom is -0.460 e. The summed E-state index contributed by atoms with van der Waals surface area (Å²) in [4.78, 5) is 12.3. The van der Waals surface area contributed by atoms with Crippen molar-refractivity contribution in [2.75, 3.05) is 0 Å². The molecule has 4 bridgehead atoms. The predicted molar refractivity (Wildman–Crippen MR) is 80.3 cm³/mol. The summed E-state index contributed by atoms with van der Waals surface area (Å²) < 4.78 is 5.60. The summed E-state index contributed by atoms with van der Waals surface area (Å²) in [7, 11) is 0. The van der Waals surface area contributed by atoms with Crippen LogP contribution in [0.15, 0.2) is 0 Å². The fraction of sp³-hybridized carbons (Fsp3) is 0.944. The first-order valence-corrected chi connectivity index (χ1v) is 8.23. The van der Waals surface area contributed by atoms with Crippen LogP contribution in [0.5, 0.6) is 0 Å². The molecule has 0 saturated heterocycles. The Bertz CT molecular complexity index is 413. The zero-order chi connectivity index (χ0) is 14.8. The second kappa shape index (κ2) is 4.01. The molecule has 20 heavy (non-hydrogen) atoms. The topological polar surface area (TPSA) is 26.3 Å². The molecule has 2 atom stereocenters. The van der Waals surface area contributed by atoms with Crippen molar-refractivity contribution >= 4 is 5.97 Å². The van der Waals surface area contributed by atoms with Crippen molar-refractivity contribution in [3.63, 3.8) is 0 Å². The second-order valence-corrected chi connectivity index (χ2v) is 9.89. The van der Waals surface area contributed by atoms with Gasteiger partial charge in [-0.25, -0.2) is 0 Å². The van der Waals surface area contributed by atoms with Gasteiger partial charge in [-0.05, 0) is 81.5 Å². The van der Waals surface area contributed by atoms with E-state index in [1.807, 2.05) is 20.8 Å². The van der Waals surface area contributed by atoms with Crippen LogP contribution < -0.4 is 0 Å². The molecule has 0 N–H and O–H groups in total. The first-order valence-electron chi connectivity index (χ1n) is 8.23. The van der Waals surface area contributed by atoms with E-state index >= 15 is 0 Å². The Hall–Kier alpha value is -0.530. The van der Waals surface area contributed by atoms with E-state index in [4.69, 9.17) is 4.74 Å². The van der Waals surface area contributed by atoms with Crippen molar-refractivity contribution < 1.29 is 9.53 Å². The van der Waals surface area contributed by atoms with E-state index < -0.39 is 0 Å². The zero-order valence-electron chi connectivity index (χ0n) is 13.8. The van der Waals surface area contributed by atoms with Gasteiger partial charge in [-0.1, -0.05) is 13.8 Å². The molecular weight excluding hydrogens is 248 g/mol. The molecule has 2 unspecified atom stereocenters. The highest BCUT2D eigenvalue weighted by atomic mass is 16.6. The number of rotatable bonds is 2. The lowest BCUT2D eigenvalue weighted by Crippen LogP contribution is -2.55. The highest BCUT2D eigenvalue weighted by molar-refractivity contribution is 5.71. The number of carbonyl (C=O) groups is 1. The van der Waals surface area contributed by atoms with Gasteiger partial charge < -0.3 is 4.74 Å². The van der Waals surface area contributed by atoms with Crippen molar-refractivity contribution in [2.45, 2.75) is 85.2 Å². The van der Waals surface area contributed by atoms with Gasteiger partial charge in [0.15, 0.2) is 0 Å². The van der Waals surface area contributed by atoms with E-state index in [-0.39, 0.29) is 17.0 Å². The molecule has 4 fully saturated rings. The zero-order valence-corrected chi connectivity index (χ0v) is 13.8. The summed E-state index contributed by atoms with van der Waals surface area (Å²) >= 11 is 0. The van der Waals surface area contributed by atoms with Crippen LogP contribution in [0.4, 0.5) is 0 Å². The minimum atomic E-state index is -0.354. The molecule has 0 aromatic rings. The average Bonchev–Trinajstić information content (AvgIpc) is 2.04. The Balaban J connectivity index is 1.77. The van der Waals surface area contributed by atoms with Gasteiger partial charge in [-0.3, -0.25) is 4.79 Å². The highest BCUT2D eigenvalue weighted by Crippen LogP contribution is 2.70. The van der Waals surface area contributed by atoms with Crippen molar-refractivity contribution in [1.29, 1.82) is 0 Å². The normalized spacial score (nSPS) is 46.5. The summed E-state index contributed by atoms with van der Waals surface area (Å²) in [6.07, 6.45) is 8.53. The fourth-order valence-electron chi connectivity index (χ4n) is 6.57. The van der Waals surface area contributed by atoms with Gasteiger partial charge in [0.2, 0.25) is 0 Å². The van der Waals surface area contributed by atoms with E-state index in [0.717, 1.165) is 5.92 Å². The minimum absolute atomic E-state index is 0.0200. The quantitative estimate of drug-likeness (QED) is 0.683. The second-order valence-electron chi connectivity index (χ2n) is 9.89. The van der Waals surface area contributed by atoms with Crippen molar-refractivity contribution in [3.05, 3.63) is 0 Å². The Morgan fingerprint density at radius 3 is 2.05 bits per heavy atom. The van der Waals surface area contributed by atoms with Crippen LogP contribution in [0.25, 0.3) is 0 Å². The fourth-order valence-corrected chi connectivity index (χ4v) is 6.57. The number of hydrogen-bond donors (Lipinski definition) is 0. The number of hydrogen-bond acceptors (Lipinski definition) is 2. The maximum absolute atomic E-state index is 12.3. The van der Waals surface area contributed by atoms with Crippen molar-refractivity contribution in [3.8, 4) is 0 Å². The van der Waals surface area contributed by atoms with Gasteiger partial charge in [-0.15, -0.1) is 0 Å². The van der Waals surface area contributed by atoms with E-state index in [0.29, 0.717) is 17.3 Å². The van der Waals surface area contributed by atoms with Gasteiger partial charge in [0, 0.05) is 0 Å². The van der Waals surface area contributed by atoms with Gasteiger partial charge in [0.05, 0.1) is 6.42 Å². The molecule has 0 aromatic heterocycles. The van der Waals surface area contributed by atoms with Crippen molar-refractivity contribution in [1.82, 2.24) is 0 Å². The molecule has 4 aliphatic rings. The van der Waals surface area contributed by atoms with Crippen LogP contribution in [0, 0.1) is 22.2 Å². The van der Waals surface area contributed by atoms with Crippen LogP contribution in [0.2, 0.25) is 0 Å². The number of ether oxygens (including phenoxy) is 1. The lowest BCUT2D eigenvalue weighted by Gasteiger charge is -2.65. The van der Waals surface area contributed by atoms with Gasteiger partial charge >= 0.3 is 5.97 Å². The van der Waals surface area contributed by atoms with Crippen molar-refractivity contribution in [2.24, 2.45) is 22.2 Å². The molecular formula is C18H30O2. The lowest BCUT2D eigenvalue weighted by atomic mass is 9.40. The molecule has 4 rings (SSSR count). The maximum atomic E-state index is 12.3. The molecule has 0 spiro atoms. The van der Waals surface area contributed by atoms with Gasteiger partial charge in [-0.2, -0.15) is 0 Å². The maximum Gasteiger partial charge on any atom is 0.306 e. The Labute approximate surface area is 123 Å². The molecule has 0 aliphatic heterocycles. The van der Waals surface area contributed by atoms with Crippen LogP contribution in [0.1, 0.15) is 79.6 Å². The molecule has 0 amide bonds. The Morgan fingerprint density at radius 1 is 1.05 bits per heavy atom. The molecule has 114 valence electrons. The smallest absolute Gasteiger partial charge is 0.306 e. The first kappa shape index (κ1) is 14.4. The van der Waals surface area contributed by atoms with Crippen LogP contribution in [0.3, 0.4) is 0 Å². The summed E-state index contributed by atoms with van der Waals surface area (Å²) in [5.41, 5.74) is 0.852. The summed E-state index contributed by atoms with van der Waals surface area (Å²) in [6.45, 7) is 10.8. The predicted octanol–water partition coefficient (Wildman–Crippen LogP) is 4.71. The molecule has 0 aromatic carbocycles. The van der Waals surface area contributed by atoms with Crippen LogP contribution in [-0.4, -0.2) is 11.6 Å². The third-order valence-corrected chi connectivity index (χ3v) is 5.68. The van der Waals surface area contributed by atoms with E-state index in [2.05, 4.69) is 13.8 Å². The van der Waals surface area contributed by atoms with Crippen LogP contribution in [-0.2, 0) is 9.53 Å². The van der Waals surface area contributed by atoms with Gasteiger partial charge in [0.1, 0.15) is 5.60 Å². The van der Waals surface area contributed by atoms with E-state index in [1.54, 1.807) is 0 Å². The Morgan fingerprint density at radius 2 is 1.60 bits per heavy atom.